The van der Waals surface area contributed by atoms with E-state index in [9.17, 15) is 28.7 Å². The van der Waals surface area contributed by atoms with E-state index in [1.807, 2.05) is 17.2 Å². The lowest BCUT2D eigenvalue weighted by molar-refractivity contribution is -0.148. The van der Waals surface area contributed by atoms with E-state index in [0.717, 1.165) is 25.7 Å². The summed E-state index contributed by atoms with van der Waals surface area (Å²) < 4.78 is 12.8. The number of aryl methyl sites for hydroxylation is 1. The lowest BCUT2D eigenvalue weighted by Gasteiger charge is -2.43. The molecule has 3 atom stereocenters. The summed E-state index contributed by atoms with van der Waals surface area (Å²) in [4.78, 5) is 67.0. The van der Waals surface area contributed by atoms with E-state index in [1.165, 1.54) is 27.9 Å². The van der Waals surface area contributed by atoms with Crippen LogP contribution in [0.2, 0.25) is 0 Å². The molecular weight excluding hydrogens is 559 g/mol. The first-order valence-electron chi connectivity index (χ1n) is 14.5. The highest BCUT2D eigenvalue weighted by Gasteiger charge is 2.47. The number of likely N-dealkylation sites (tertiary alicyclic amines) is 1. The van der Waals surface area contributed by atoms with E-state index in [2.05, 4.69) is 22.3 Å². The Morgan fingerprint density at radius 1 is 1.12 bits per heavy atom. The van der Waals surface area contributed by atoms with Gasteiger partial charge in [0.15, 0.2) is 5.69 Å². The summed E-state index contributed by atoms with van der Waals surface area (Å²) in [6.07, 6.45) is 9.14. The van der Waals surface area contributed by atoms with Gasteiger partial charge in [-0.3, -0.25) is 23.9 Å². The zero-order chi connectivity index (χ0) is 29.6. The predicted octanol–water partition coefficient (Wildman–Crippen LogP) is 2.24. The molecule has 3 aliphatic rings. The van der Waals surface area contributed by atoms with Crippen molar-refractivity contribution >= 4 is 30.8 Å². The molecule has 6 rings (SSSR count). The van der Waals surface area contributed by atoms with Crippen LogP contribution in [0.4, 0.5) is 0 Å². The number of nitrogens with zero attached hydrogens (tertiary/aromatic N) is 5. The smallest absolute Gasteiger partial charge is 0.329 e. The molecule has 3 N–H and O–H groups in total. The number of carbonyl (C=O) groups excluding carboxylic acids is 3. The summed E-state index contributed by atoms with van der Waals surface area (Å²) in [5.41, 5.74) is 3.47. The zero-order valence-electron chi connectivity index (χ0n) is 23.4. The maximum absolute atomic E-state index is 13.8. The van der Waals surface area contributed by atoms with Gasteiger partial charge in [-0.2, -0.15) is 5.10 Å². The van der Waals surface area contributed by atoms with Gasteiger partial charge >= 0.3 is 7.60 Å². The number of hydrogen-bond donors (Lipinski definition) is 3. The summed E-state index contributed by atoms with van der Waals surface area (Å²) in [7, 11) is -4.24. The maximum atomic E-state index is 13.8. The van der Waals surface area contributed by atoms with Crippen LogP contribution in [0.15, 0.2) is 42.9 Å². The third-order valence-electron chi connectivity index (χ3n) is 8.78. The van der Waals surface area contributed by atoms with Crippen molar-refractivity contribution in [1.82, 2.24) is 29.7 Å². The van der Waals surface area contributed by atoms with Gasteiger partial charge < -0.3 is 24.9 Å². The van der Waals surface area contributed by atoms with Gasteiger partial charge in [0.1, 0.15) is 12.1 Å². The van der Waals surface area contributed by atoms with E-state index in [-0.39, 0.29) is 29.5 Å². The van der Waals surface area contributed by atoms with Crippen LogP contribution in [0.3, 0.4) is 0 Å². The average molecular weight is 595 g/mol. The summed E-state index contributed by atoms with van der Waals surface area (Å²) >= 11 is 0. The first-order valence-corrected chi connectivity index (χ1v) is 16.3. The monoisotopic (exact) mass is 594 g/mol. The molecule has 3 aromatic rings. The number of amides is 3. The Hall–Kier alpha value is -3.60. The molecule has 222 valence electrons. The predicted molar refractivity (Wildman–Crippen MR) is 153 cm³/mol. The van der Waals surface area contributed by atoms with Crippen molar-refractivity contribution in [2.75, 3.05) is 13.1 Å². The number of fused-ring (bicyclic) bond motifs is 2. The molecule has 0 spiro atoms. The van der Waals surface area contributed by atoms with Crippen LogP contribution in [-0.2, 0) is 26.7 Å². The Bertz CT molecular complexity index is 1580. The van der Waals surface area contributed by atoms with Crippen molar-refractivity contribution < 1.29 is 28.7 Å². The number of hydrogen-bond acceptors (Lipinski definition) is 6. The SMILES string of the molecule is CCc1ccncc1C1CN(C(=O)[C@@H]2CC[C@@H]3CCC[C@H](NC(=O)c4cc5cc(CP(=O)(O)O)ccn5n4)C(=O)N32)C1. The van der Waals surface area contributed by atoms with Crippen molar-refractivity contribution in [3.63, 3.8) is 0 Å². The lowest BCUT2D eigenvalue weighted by Crippen LogP contribution is -2.58. The molecule has 0 saturated carbocycles. The Kier molecular flexibility index (Phi) is 7.63. The molecule has 42 heavy (non-hydrogen) atoms. The fraction of sp³-hybridized carbons (Fsp3) is 0.483. The molecule has 0 aromatic carbocycles. The van der Waals surface area contributed by atoms with Crippen LogP contribution in [0.5, 0.6) is 0 Å². The molecule has 0 radical (unpaired) electrons. The molecule has 3 aliphatic heterocycles. The Morgan fingerprint density at radius 3 is 2.69 bits per heavy atom. The molecule has 3 amide bonds. The Morgan fingerprint density at radius 2 is 1.93 bits per heavy atom. The quantitative estimate of drug-likeness (QED) is 0.352. The minimum absolute atomic E-state index is 0.0157. The number of aromatic nitrogens is 3. The van der Waals surface area contributed by atoms with Crippen LogP contribution in [-0.4, -0.2) is 83.1 Å². The number of nitrogens with one attached hydrogen (secondary N) is 1. The average Bonchev–Trinajstić information content (AvgIpc) is 3.51. The van der Waals surface area contributed by atoms with Crippen molar-refractivity contribution in [3.8, 4) is 0 Å². The third-order valence-corrected chi connectivity index (χ3v) is 9.56. The molecule has 0 aliphatic carbocycles. The lowest BCUT2D eigenvalue weighted by atomic mass is 9.88. The highest BCUT2D eigenvalue weighted by molar-refractivity contribution is 7.50. The molecule has 0 bridgehead atoms. The van der Waals surface area contributed by atoms with Crippen LogP contribution in [0, 0.1) is 0 Å². The second-order valence-electron chi connectivity index (χ2n) is 11.6. The first kappa shape index (κ1) is 28.5. The van der Waals surface area contributed by atoms with E-state index in [4.69, 9.17) is 0 Å². The third kappa shape index (κ3) is 5.58. The van der Waals surface area contributed by atoms with E-state index in [1.54, 1.807) is 23.2 Å². The highest BCUT2D eigenvalue weighted by atomic mass is 31.2. The van der Waals surface area contributed by atoms with E-state index >= 15 is 0 Å². The molecule has 3 fully saturated rings. The number of pyridine rings is 2. The molecule has 12 nitrogen and oxygen atoms in total. The topological polar surface area (TPSA) is 157 Å². The van der Waals surface area contributed by atoms with Gasteiger partial charge in [-0.15, -0.1) is 0 Å². The molecular formula is C29H35N6O6P. The summed E-state index contributed by atoms with van der Waals surface area (Å²) in [5, 5.41) is 7.13. The molecule has 6 heterocycles. The summed E-state index contributed by atoms with van der Waals surface area (Å²) in [5.74, 6) is -0.516. The van der Waals surface area contributed by atoms with Crippen LogP contribution in [0.1, 0.15) is 72.1 Å². The van der Waals surface area contributed by atoms with Crippen molar-refractivity contribution in [2.24, 2.45) is 0 Å². The van der Waals surface area contributed by atoms with Gasteiger partial charge in [0.25, 0.3) is 5.91 Å². The van der Waals surface area contributed by atoms with Gasteiger partial charge in [-0.1, -0.05) is 6.92 Å². The normalized spacial score (nSPS) is 23.0. The summed E-state index contributed by atoms with van der Waals surface area (Å²) in [6, 6.07) is 5.36. The first-order chi connectivity index (χ1) is 20.1. The van der Waals surface area contributed by atoms with E-state index < -0.39 is 31.7 Å². The van der Waals surface area contributed by atoms with Gasteiger partial charge in [0, 0.05) is 43.6 Å². The zero-order valence-corrected chi connectivity index (χ0v) is 24.3. The molecule has 3 saturated heterocycles. The fourth-order valence-electron chi connectivity index (χ4n) is 6.65. The standard InChI is InChI=1S/C29H35N6O6P/c1-2-19-8-10-30-14-23(19)20-15-33(16-20)29(38)26-7-6-21-4-3-5-24(28(37)35(21)26)31-27(36)25-13-22-12-18(17-42(39,40)41)9-11-34(22)32-25/h8-14,20-21,24,26H,2-7,15-17H2,1H3,(H,31,36)(H2,39,40,41)/t21-,24-,26-/m0/s1. The maximum Gasteiger partial charge on any atom is 0.329 e. The second-order valence-corrected chi connectivity index (χ2v) is 13.2. The Balaban J connectivity index is 1.13. The van der Waals surface area contributed by atoms with Gasteiger partial charge in [0.05, 0.1) is 11.7 Å². The largest absolute Gasteiger partial charge is 0.340 e. The molecule has 3 aromatic heterocycles. The number of rotatable bonds is 7. The van der Waals surface area contributed by atoms with Crippen LogP contribution < -0.4 is 5.32 Å². The molecule has 13 heteroatoms. The minimum atomic E-state index is -4.24. The van der Waals surface area contributed by atoms with Gasteiger partial charge in [-0.25, -0.2) is 4.52 Å². The minimum Gasteiger partial charge on any atom is -0.340 e. The summed E-state index contributed by atoms with van der Waals surface area (Å²) in [6.45, 7) is 3.34. The fourth-order valence-corrected chi connectivity index (χ4v) is 7.32. The van der Waals surface area contributed by atoms with Gasteiger partial charge in [-0.05, 0) is 79.5 Å². The van der Waals surface area contributed by atoms with Crippen LogP contribution >= 0.6 is 7.60 Å². The van der Waals surface area contributed by atoms with Gasteiger partial charge in [0.2, 0.25) is 11.8 Å². The van der Waals surface area contributed by atoms with Crippen molar-refractivity contribution in [1.29, 1.82) is 0 Å². The van der Waals surface area contributed by atoms with E-state index in [0.29, 0.717) is 37.0 Å². The van der Waals surface area contributed by atoms with Crippen molar-refractivity contribution in [3.05, 3.63) is 65.2 Å². The second kappa shape index (κ2) is 11.2. The number of carbonyl (C=O) groups is 3. The molecule has 0 unspecified atom stereocenters. The van der Waals surface area contributed by atoms with Crippen molar-refractivity contribution in [2.45, 2.75) is 75.7 Å². The van der Waals surface area contributed by atoms with Crippen LogP contribution in [0.25, 0.3) is 5.52 Å². The Labute approximate surface area is 243 Å². The highest BCUT2D eigenvalue weighted by Crippen LogP contribution is 2.39.